The maximum absolute atomic E-state index is 13.0. The van der Waals surface area contributed by atoms with Gasteiger partial charge in [-0.25, -0.2) is 9.18 Å². The summed E-state index contributed by atoms with van der Waals surface area (Å²) in [5.41, 5.74) is 4.06. The number of aliphatic carboxylic acids is 1. The molecule has 14 heavy (non-hydrogen) atoms. The highest BCUT2D eigenvalue weighted by Crippen LogP contribution is 2.22. The second kappa shape index (κ2) is 3.55. The topological polar surface area (TPSA) is 63.3 Å². The van der Waals surface area contributed by atoms with E-state index < -0.39 is 17.3 Å². The van der Waals surface area contributed by atoms with Crippen LogP contribution in [0.3, 0.4) is 0 Å². The Kier molecular flexibility index (Phi) is 2.78. The van der Waals surface area contributed by atoms with Crippen molar-refractivity contribution >= 4 is 17.6 Å². The van der Waals surface area contributed by atoms with Gasteiger partial charge in [-0.05, 0) is 24.6 Å². The SMILES string of the molecule is CC(N)(C(=O)O)c1ccc(Cl)c(F)c1. The van der Waals surface area contributed by atoms with E-state index in [2.05, 4.69) is 0 Å². The van der Waals surface area contributed by atoms with Gasteiger partial charge in [0.25, 0.3) is 0 Å². The van der Waals surface area contributed by atoms with Gasteiger partial charge in [0.1, 0.15) is 11.4 Å². The lowest BCUT2D eigenvalue weighted by Crippen LogP contribution is -2.41. The van der Waals surface area contributed by atoms with E-state index in [-0.39, 0.29) is 10.6 Å². The summed E-state index contributed by atoms with van der Waals surface area (Å²) >= 11 is 5.45. The van der Waals surface area contributed by atoms with Crippen LogP contribution >= 0.6 is 11.6 Å². The molecule has 1 unspecified atom stereocenters. The van der Waals surface area contributed by atoms with Crippen molar-refractivity contribution in [3.63, 3.8) is 0 Å². The smallest absolute Gasteiger partial charge is 0.328 e. The van der Waals surface area contributed by atoms with Crippen molar-refractivity contribution in [1.82, 2.24) is 0 Å². The first-order valence-corrected chi connectivity index (χ1v) is 4.21. The molecule has 1 rings (SSSR count). The fraction of sp³-hybridized carbons (Fsp3) is 0.222. The number of nitrogens with two attached hydrogens (primary N) is 1. The number of hydrogen-bond donors (Lipinski definition) is 2. The zero-order valence-electron chi connectivity index (χ0n) is 7.42. The summed E-state index contributed by atoms with van der Waals surface area (Å²) in [5.74, 6) is -1.90. The molecular formula is C9H9ClFNO2. The van der Waals surface area contributed by atoms with Crippen molar-refractivity contribution in [3.8, 4) is 0 Å². The van der Waals surface area contributed by atoms with Gasteiger partial charge >= 0.3 is 5.97 Å². The zero-order valence-corrected chi connectivity index (χ0v) is 8.18. The molecule has 1 aromatic carbocycles. The predicted octanol–water partition coefficient (Wildman–Crippen LogP) is 1.74. The molecule has 0 spiro atoms. The fourth-order valence-electron chi connectivity index (χ4n) is 0.943. The molecule has 0 fully saturated rings. The van der Waals surface area contributed by atoms with E-state index in [1.165, 1.54) is 19.1 Å². The Morgan fingerprint density at radius 2 is 2.21 bits per heavy atom. The second-order valence-electron chi connectivity index (χ2n) is 3.14. The average Bonchev–Trinajstić information content (AvgIpc) is 2.09. The summed E-state index contributed by atoms with van der Waals surface area (Å²) in [6.07, 6.45) is 0. The molecule has 0 heterocycles. The largest absolute Gasteiger partial charge is 0.480 e. The van der Waals surface area contributed by atoms with E-state index in [0.717, 1.165) is 6.07 Å². The van der Waals surface area contributed by atoms with Gasteiger partial charge in [0.15, 0.2) is 0 Å². The molecule has 0 aliphatic carbocycles. The molecule has 3 nitrogen and oxygen atoms in total. The zero-order chi connectivity index (χ0) is 10.9. The number of benzene rings is 1. The van der Waals surface area contributed by atoms with E-state index in [4.69, 9.17) is 22.4 Å². The van der Waals surface area contributed by atoms with Crippen molar-refractivity contribution in [3.05, 3.63) is 34.6 Å². The van der Waals surface area contributed by atoms with E-state index in [9.17, 15) is 9.18 Å². The van der Waals surface area contributed by atoms with Crippen molar-refractivity contribution < 1.29 is 14.3 Å². The van der Waals surface area contributed by atoms with Crippen LogP contribution in [0.1, 0.15) is 12.5 Å². The molecule has 0 radical (unpaired) electrons. The predicted molar refractivity (Wildman–Crippen MR) is 50.6 cm³/mol. The van der Waals surface area contributed by atoms with Gasteiger partial charge in [-0.2, -0.15) is 0 Å². The summed E-state index contributed by atoms with van der Waals surface area (Å²) in [6.45, 7) is 1.29. The highest BCUT2D eigenvalue weighted by Gasteiger charge is 2.30. The molecular weight excluding hydrogens is 209 g/mol. The molecule has 0 bridgehead atoms. The van der Waals surface area contributed by atoms with E-state index in [1.54, 1.807) is 0 Å². The van der Waals surface area contributed by atoms with Crippen LogP contribution < -0.4 is 5.73 Å². The van der Waals surface area contributed by atoms with Crippen molar-refractivity contribution in [2.75, 3.05) is 0 Å². The lowest BCUT2D eigenvalue weighted by Gasteiger charge is -2.19. The number of rotatable bonds is 2. The van der Waals surface area contributed by atoms with Crippen molar-refractivity contribution in [2.24, 2.45) is 5.73 Å². The molecule has 5 heteroatoms. The van der Waals surface area contributed by atoms with Gasteiger partial charge < -0.3 is 10.8 Å². The van der Waals surface area contributed by atoms with Crippen molar-refractivity contribution in [2.45, 2.75) is 12.5 Å². The number of carboxylic acids is 1. The lowest BCUT2D eigenvalue weighted by molar-refractivity contribution is -0.143. The first-order valence-electron chi connectivity index (χ1n) is 3.83. The third-order valence-electron chi connectivity index (χ3n) is 1.96. The number of halogens is 2. The lowest BCUT2D eigenvalue weighted by atomic mass is 9.93. The first-order chi connectivity index (χ1) is 6.35. The summed E-state index contributed by atoms with van der Waals surface area (Å²) in [4.78, 5) is 10.7. The summed E-state index contributed by atoms with van der Waals surface area (Å²) in [5, 5.41) is 8.71. The molecule has 76 valence electrons. The van der Waals surface area contributed by atoms with Crippen LogP contribution in [-0.4, -0.2) is 11.1 Å². The Labute approximate surface area is 85.3 Å². The Balaban J connectivity index is 3.21. The number of carboxylic acid groups (broad SMARTS) is 1. The third kappa shape index (κ3) is 1.86. The summed E-state index contributed by atoms with van der Waals surface area (Å²) < 4.78 is 13.0. The molecule has 0 amide bonds. The Bertz CT molecular complexity index is 379. The fourth-order valence-corrected chi connectivity index (χ4v) is 1.06. The minimum Gasteiger partial charge on any atom is -0.480 e. The Hall–Kier alpha value is -1.13. The molecule has 0 aliphatic heterocycles. The monoisotopic (exact) mass is 217 g/mol. The third-order valence-corrected chi connectivity index (χ3v) is 2.27. The van der Waals surface area contributed by atoms with Gasteiger partial charge in [-0.15, -0.1) is 0 Å². The molecule has 0 saturated carbocycles. The van der Waals surface area contributed by atoms with Crippen LogP contribution in [0.4, 0.5) is 4.39 Å². The number of hydrogen-bond acceptors (Lipinski definition) is 2. The molecule has 3 N–H and O–H groups in total. The highest BCUT2D eigenvalue weighted by molar-refractivity contribution is 6.30. The normalized spacial score (nSPS) is 14.9. The van der Waals surface area contributed by atoms with Gasteiger partial charge in [0.2, 0.25) is 0 Å². The molecule has 0 saturated heterocycles. The van der Waals surface area contributed by atoms with Crippen LogP contribution in [0, 0.1) is 5.82 Å². The molecule has 0 aliphatic rings. The minimum atomic E-state index is -1.61. The maximum atomic E-state index is 13.0. The van der Waals surface area contributed by atoms with Crippen LogP contribution in [0.15, 0.2) is 18.2 Å². The Morgan fingerprint density at radius 1 is 1.64 bits per heavy atom. The van der Waals surface area contributed by atoms with Gasteiger partial charge in [0.05, 0.1) is 5.02 Å². The second-order valence-corrected chi connectivity index (χ2v) is 3.54. The van der Waals surface area contributed by atoms with Gasteiger partial charge in [-0.3, -0.25) is 0 Å². The van der Waals surface area contributed by atoms with Gasteiger partial charge in [-0.1, -0.05) is 17.7 Å². The summed E-state index contributed by atoms with van der Waals surface area (Å²) in [6, 6.07) is 3.69. The molecule has 0 aromatic heterocycles. The van der Waals surface area contributed by atoms with Gasteiger partial charge in [0, 0.05) is 0 Å². The molecule has 1 aromatic rings. The van der Waals surface area contributed by atoms with E-state index in [1.807, 2.05) is 0 Å². The Morgan fingerprint density at radius 3 is 2.64 bits per heavy atom. The van der Waals surface area contributed by atoms with Crippen molar-refractivity contribution in [1.29, 1.82) is 0 Å². The quantitative estimate of drug-likeness (QED) is 0.793. The minimum absolute atomic E-state index is 0.0602. The van der Waals surface area contributed by atoms with E-state index >= 15 is 0 Å². The van der Waals surface area contributed by atoms with E-state index in [0.29, 0.717) is 0 Å². The van der Waals surface area contributed by atoms with Crippen LogP contribution in [0.2, 0.25) is 5.02 Å². The maximum Gasteiger partial charge on any atom is 0.328 e. The first kappa shape index (κ1) is 10.9. The van der Waals surface area contributed by atoms with Crippen LogP contribution in [0.5, 0.6) is 0 Å². The standard InChI is InChI=1S/C9H9ClFNO2/c1-9(12,8(13)14)5-2-3-6(10)7(11)4-5/h2-4H,12H2,1H3,(H,13,14). The highest BCUT2D eigenvalue weighted by atomic mass is 35.5. The van der Waals surface area contributed by atoms with Crippen LogP contribution in [0.25, 0.3) is 0 Å². The summed E-state index contributed by atoms with van der Waals surface area (Å²) in [7, 11) is 0. The van der Waals surface area contributed by atoms with Crippen LogP contribution in [-0.2, 0) is 10.3 Å². The molecule has 1 atom stereocenters. The average molecular weight is 218 g/mol. The number of carbonyl (C=O) groups is 1.